The van der Waals surface area contributed by atoms with E-state index in [9.17, 15) is 27.4 Å². The van der Waals surface area contributed by atoms with Crippen molar-refractivity contribution in [2.45, 2.75) is 44.4 Å². The highest BCUT2D eigenvalue weighted by Crippen LogP contribution is 2.48. The van der Waals surface area contributed by atoms with Crippen molar-refractivity contribution in [1.29, 1.82) is 5.26 Å². The number of anilines is 1. The molecule has 1 aromatic carbocycles. The number of rotatable bonds is 7. The molecule has 2 aromatic heterocycles. The van der Waals surface area contributed by atoms with Crippen LogP contribution >= 0.6 is 0 Å². The summed E-state index contributed by atoms with van der Waals surface area (Å²) in [5, 5.41) is 13.9. The number of pyridine rings is 1. The first-order valence-corrected chi connectivity index (χ1v) is 15.8. The van der Waals surface area contributed by atoms with E-state index in [4.69, 9.17) is 0 Å². The molecule has 0 N–H and O–H groups in total. The van der Waals surface area contributed by atoms with Crippen LogP contribution in [0, 0.1) is 29.0 Å². The Hall–Kier alpha value is -3.72. The van der Waals surface area contributed by atoms with E-state index in [1.807, 2.05) is 24.3 Å². The fourth-order valence-corrected chi connectivity index (χ4v) is 7.40. The first-order valence-electron chi connectivity index (χ1n) is 14.0. The van der Waals surface area contributed by atoms with Gasteiger partial charge in [0, 0.05) is 89.9 Å². The standard InChI is InChI=1S/C30H33F3N6O2S/c1-20(17-34)15-27(40)24-9-10-30(32,33)16-25(24)29-26(19-39(37-29)28-8-5-22(31)18-36-28)21-3-6-23(7-4-21)38-11-13-42(41,35-2)14-12-38/h3-8,18-20,24-25H,9-16H2,1-2H3/t20?,24-,25-/m1/s1. The Balaban J connectivity index is 1.53. The highest BCUT2D eigenvalue weighted by molar-refractivity contribution is 7.93. The van der Waals surface area contributed by atoms with Crippen molar-refractivity contribution >= 4 is 21.2 Å². The topological polar surface area (TPSA) is 104 Å². The summed E-state index contributed by atoms with van der Waals surface area (Å²) in [6, 6.07) is 12.4. The summed E-state index contributed by atoms with van der Waals surface area (Å²) in [6.07, 6.45) is 1.77. The number of Topliss-reactive ketones (excluding diaryl/α,β-unsaturated/α-hetero) is 1. The number of carbonyl (C=O) groups excluding carboxylic acids is 1. The number of aromatic nitrogens is 3. The van der Waals surface area contributed by atoms with Crippen LogP contribution in [-0.4, -0.2) is 62.3 Å². The van der Waals surface area contributed by atoms with Gasteiger partial charge in [-0.15, -0.1) is 0 Å². The molecule has 1 saturated carbocycles. The van der Waals surface area contributed by atoms with Crippen molar-refractivity contribution in [2.75, 3.05) is 36.5 Å². The zero-order chi connectivity index (χ0) is 30.1. The second-order valence-corrected chi connectivity index (χ2v) is 13.8. The Kier molecular flexibility index (Phi) is 8.42. The smallest absolute Gasteiger partial charge is 0.248 e. The SMILES string of the molecule is CN=S1(=O)CCN(c2ccc(-c3cn(-c4ccc(F)cn4)nc3[C@@H]3CC(F)(F)CC[C@H]3C(=O)CC(C)C#N)cc2)CC1. The summed E-state index contributed by atoms with van der Waals surface area (Å²) >= 11 is 0. The lowest BCUT2D eigenvalue weighted by molar-refractivity contribution is -0.129. The highest BCUT2D eigenvalue weighted by Gasteiger charge is 2.46. The molecular formula is C30H33F3N6O2S. The van der Waals surface area contributed by atoms with E-state index in [0.29, 0.717) is 41.7 Å². The minimum Gasteiger partial charge on any atom is -0.370 e. The molecule has 0 bridgehead atoms. The lowest BCUT2D eigenvalue weighted by Gasteiger charge is -2.35. The van der Waals surface area contributed by atoms with Crippen molar-refractivity contribution < 1.29 is 22.2 Å². The molecule has 3 atom stereocenters. The summed E-state index contributed by atoms with van der Waals surface area (Å²) in [6.45, 7) is 2.86. The molecule has 222 valence electrons. The molecule has 1 unspecified atom stereocenters. The molecule has 3 heterocycles. The Morgan fingerprint density at radius 1 is 1.21 bits per heavy atom. The number of ketones is 1. The molecule has 0 amide bonds. The molecule has 1 aliphatic heterocycles. The lowest BCUT2D eigenvalue weighted by Crippen LogP contribution is -2.40. The summed E-state index contributed by atoms with van der Waals surface area (Å²) < 4.78 is 61.4. The maximum absolute atomic E-state index is 14.9. The van der Waals surface area contributed by atoms with Crippen LogP contribution in [0.15, 0.2) is 53.2 Å². The van der Waals surface area contributed by atoms with E-state index in [1.165, 1.54) is 16.8 Å². The molecule has 42 heavy (non-hydrogen) atoms. The van der Waals surface area contributed by atoms with Crippen LogP contribution in [0.5, 0.6) is 0 Å². The molecule has 8 nitrogen and oxygen atoms in total. The third-order valence-electron chi connectivity index (χ3n) is 8.24. The first kappa shape index (κ1) is 29.8. The summed E-state index contributed by atoms with van der Waals surface area (Å²) in [4.78, 5) is 19.5. The second kappa shape index (κ2) is 11.9. The van der Waals surface area contributed by atoms with Gasteiger partial charge in [-0.1, -0.05) is 12.1 Å². The number of nitriles is 1. The van der Waals surface area contributed by atoms with E-state index < -0.39 is 52.1 Å². The van der Waals surface area contributed by atoms with Gasteiger partial charge in [0.1, 0.15) is 11.6 Å². The maximum atomic E-state index is 14.9. The average molecular weight is 599 g/mol. The predicted molar refractivity (Wildman–Crippen MR) is 155 cm³/mol. The Bertz CT molecular complexity index is 1590. The van der Waals surface area contributed by atoms with Gasteiger partial charge < -0.3 is 4.90 Å². The Labute approximate surface area is 243 Å². The van der Waals surface area contributed by atoms with Crippen LogP contribution in [0.1, 0.15) is 44.2 Å². The van der Waals surface area contributed by atoms with Crippen LogP contribution in [-0.2, 0) is 14.5 Å². The first-order chi connectivity index (χ1) is 20.0. The number of benzene rings is 1. The fraction of sp³-hybridized carbons (Fsp3) is 0.467. The maximum Gasteiger partial charge on any atom is 0.248 e. The van der Waals surface area contributed by atoms with E-state index in [0.717, 1.165) is 17.4 Å². The quantitative estimate of drug-likeness (QED) is 0.349. The third kappa shape index (κ3) is 6.36. The van der Waals surface area contributed by atoms with Gasteiger partial charge in [-0.3, -0.25) is 4.79 Å². The Morgan fingerprint density at radius 3 is 2.55 bits per heavy atom. The third-order valence-corrected chi connectivity index (χ3v) is 10.6. The normalized spacial score (nSPS) is 22.2. The minimum absolute atomic E-state index is 0.00309. The van der Waals surface area contributed by atoms with Crippen molar-refractivity contribution in [2.24, 2.45) is 16.2 Å². The van der Waals surface area contributed by atoms with E-state index >= 15 is 0 Å². The summed E-state index contributed by atoms with van der Waals surface area (Å²) in [5.74, 6) is -4.55. The average Bonchev–Trinajstić information content (AvgIpc) is 3.43. The molecule has 2 fully saturated rings. The monoisotopic (exact) mass is 598 g/mol. The van der Waals surface area contributed by atoms with Gasteiger partial charge in [0.2, 0.25) is 5.92 Å². The van der Waals surface area contributed by atoms with Crippen molar-refractivity contribution in [3.63, 3.8) is 0 Å². The van der Waals surface area contributed by atoms with Crippen LogP contribution in [0.3, 0.4) is 0 Å². The summed E-state index contributed by atoms with van der Waals surface area (Å²) in [7, 11) is -0.566. The van der Waals surface area contributed by atoms with Crippen molar-refractivity contribution in [3.05, 3.63) is 60.3 Å². The van der Waals surface area contributed by atoms with E-state index in [1.54, 1.807) is 20.2 Å². The zero-order valence-corrected chi connectivity index (χ0v) is 24.4. The van der Waals surface area contributed by atoms with Crippen LogP contribution in [0.25, 0.3) is 16.9 Å². The molecular weight excluding hydrogens is 565 g/mol. The second-order valence-electron chi connectivity index (χ2n) is 11.1. The zero-order valence-electron chi connectivity index (χ0n) is 23.5. The van der Waals surface area contributed by atoms with Gasteiger partial charge in [-0.05, 0) is 43.2 Å². The number of nitrogens with zero attached hydrogens (tertiary/aromatic N) is 6. The van der Waals surface area contributed by atoms with Gasteiger partial charge in [-0.25, -0.2) is 31.4 Å². The van der Waals surface area contributed by atoms with Gasteiger partial charge in [0.25, 0.3) is 0 Å². The van der Waals surface area contributed by atoms with Gasteiger partial charge in [-0.2, -0.15) is 10.4 Å². The number of hydrogen-bond donors (Lipinski definition) is 0. The summed E-state index contributed by atoms with van der Waals surface area (Å²) in [5.41, 5.74) is 2.58. The van der Waals surface area contributed by atoms with Crippen LogP contribution in [0.2, 0.25) is 0 Å². The van der Waals surface area contributed by atoms with Gasteiger partial charge in [0.15, 0.2) is 5.82 Å². The molecule has 0 spiro atoms. The number of carbonyl (C=O) groups is 1. The molecule has 5 rings (SSSR count). The highest BCUT2D eigenvalue weighted by atomic mass is 32.2. The molecule has 1 aliphatic carbocycles. The lowest BCUT2D eigenvalue weighted by atomic mass is 9.71. The van der Waals surface area contributed by atoms with Gasteiger partial charge in [0.05, 0.1) is 23.9 Å². The predicted octanol–water partition coefficient (Wildman–Crippen LogP) is 5.63. The molecule has 2 aliphatic rings. The number of hydrogen-bond acceptors (Lipinski definition) is 7. The van der Waals surface area contributed by atoms with Gasteiger partial charge >= 0.3 is 0 Å². The number of halogens is 3. The molecule has 1 saturated heterocycles. The molecule has 0 radical (unpaired) electrons. The minimum atomic E-state index is -2.97. The van der Waals surface area contributed by atoms with Crippen molar-refractivity contribution in [3.8, 4) is 23.0 Å². The molecule has 3 aromatic rings. The Morgan fingerprint density at radius 2 is 1.93 bits per heavy atom. The van der Waals surface area contributed by atoms with Crippen LogP contribution < -0.4 is 4.90 Å². The largest absolute Gasteiger partial charge is 0.370 e. The fourth-order valence-electron chi connectivity index (χ4n) is 5.82. The van der Waals surface area contributed by atoms with E-state index in [-0.39, 0.29) is 18.6 Å². The molecule has 12 heteroatoms. The number of alkyl halides is 2. The van der Waals surface area contributed by atoms with Crippen LogP contribution in [0.4, 0.5) is 18.9 Å². The van der Waals surface area contributed by atoms with E-state index in [2.05, 4.69) is 25.4 Å². The van der Waals surface area contributed by atoms with Crippen molar-refractivity contribution in [1.82, 2.24) is 14.8 Å².